The molecule has 9 heteroatoms. The number of sulfonamides is 1. The van der Waals surface area contributed by atoms with Gasteiger partial charge in [-0.05, 0) is 18.2 Å². The maximum atomic E-state index is 13.5. The first-order valence-corrected chi connectivity index (χ1v) is 10.5. The Morgan fingerprint density at radius 3 is 2.57 bits per heavy atom. The van der Waals surface area contributed by atoms with E-state index in [1.165, 1.54) is 28.8 Å². The molecule has 7 nitrogen and oxygen atoms in total. The molecule has 2 aromatic rings. The van der Waals surface area contributed by atoms with Crippen LogP contribution in [0.4, 0.5) is 4.39 Å². The Labute approximate surface area is 164 Å². The van der Waals surface area contributed by atoms with Crippen LogP contribution in [-0.2, 0) is 21.4 Å². The van der Waals surface area contributed by atoms with Crippen LogP contribution in [0.5, 0.6) is 0 Å². The lowest BCUT2D eigenvalue weighted by Crippen LogP contribution is -2.50. The van der Waals surface area contributed by atoms with Crippen LogP contribution < -0.4 is 0 Å². The van der Waals surface area contributed by atoms with Crippen molar-refractivity contribution < 1.29 is 22.7 Å². The molecule has 3 rings (SSSR count). The monoisotopic (exact) mass is 409 g/mol. The lowest BCUT2D eigenvalue weighted by Gasteiger charge is -2.34. The van der Waals surface area contributed by atoms with E-state index in [1.807, 2.05) is 4.90 Å². The van der Waals surface area contributed by atoms with E-state index in [-0.39, 0.29) is 23.9 Å². The van der Waals surface area contributed by atoms with Gasteiger partial charge in [0.1, 0.15) is 10.7 Å². The third-order valence-electron chi connectivity index (χ3n) is 4.60. The number of benzene rings is 1. The zero-order chi connectivity index (χ0) is 20.0. The standard InChI is InChI=1S/C19H24FN3O4S/c20-19-6-2-1-4-16(19)14-27-15-17(24)13-22-8-10-23(11-9-22)28(25,26)18-5-3-7-21-12-18/h1-7,12,17,24H,8-11,13-15H2. The fraction of sp³-hybridized carbons (Fsp3) is 0.421. The molecular formula is C19H24FN3O4S. The molecular weight excluding hydrogens is 385 g/mol. The van der Waals surface area contributed by atoms with E-state index in [2.05, 4.69) is 4.98 Å². The zero-order valence-corrected chi connectivity index (χ0v) is 16.3. The molecule has 1 fully saturated rings. The van der Waals surface area contributed by atoms with Gasteiger partial charge in [-0.15, -0.1) is 0 Å². The predicted octanol–water partition coefficient (Wildman–Crippen LogP) is 1.10. The number of pyridine rings is 1. The molecule has 2 heterocycles. The van der Waals surface area contributed by atoms with Crippen molar-refractivity contribution in [3.8, 4) is 0 Å². The molecule has 1 atom stereocenters. The number of piperazine rings is 1. The lowest BCUT2D eigenvalue weighted by atomic mass is 10.2. The van der Waals surface area contributed by atoms with E-state index in [0.717, 1.165) is 0 Å². The molecule has 1 aromatic carbocycles. The van der Waals surface area contributed by atoms with Crippen LogP contribution in [0.1, 0.15) is 5.56 Å². The maximum Gasteiger partial charge on any atom is 0.244 e. The molecule has 1 aromatic heterocycles. The molecule has 1 aliphatic heterocycles. The average molecular weight is 409 g/mol. The first kappa shape index (κ1) is 20.8. The molecule has 152 valence electrons. The molecule has 0 radical (unpaired) electrons. The molecule has 0 amide bonds. The zero-order valence-electron chi connectivity index (χ0n) is 15.4. The predicted molar refractivity (Wildman–Crippen MR) is 101 cm³/mol. The summed E-state index contributed by atoms with van der Waals surface area (Å²) in [5, 5.41) is 10.2. The van der Waals surface area contributed by atoms with Gasteiger partial charge in [-0.2, -0.15) is 4.31 Å². The van der Waals surface area contributed by atoms with Crippen LogP contribution in [-0.4, -0.2) is 73.1 Å². The fourth-order valence-electron chi connectivity index (χ4n) is 3.07. The summed E-state index contributed by atoms with van der Waals surface area (Å²) in [5.74, 6) is -0.331. The summed E-state index contributed by atoms with van der Waals surface area (Å²) in [6.45, 7) is 2.29. The van der Waals surface area contributed by atoms with Crippen molar-refractivity contribution in [2.24, 2.45) is 0 Å². The van der Waals surface area contributed by atoms with Crippen LogP contribution >= 0.6 is 0 Å². The van der Waals surface area contributed by atoms with E-state index in [0.29, 0.717) is 38.3 Å². The summed E-state index contributed by atoms with van der Waals surface area (Å²) >= 11 is 0. The maximum absolute atomic E-state index is 13.5. The molecule has 1 saturated heterocycles. The third-order valence-corrected chi connectivity index (χ3v) is 6.48. The van der Waals surface area contributed by atoms with E-state index in [4.69, 9.17) is 4.74 Å². The van der Waals surface area contributed by atoms with Gasteiger partial charge < -0.3 is 9.84 Å². The van der Waals surface area contributed by atoms with Gasteiger partial charge >= 0.3 is 0 Å². The van der Waals surface area contributed by atoms with E-state index >= 15 is 0 Å². The van der Waals surface area contributed by atoms with E-state index in [9.17, 15) is 17.9 Å². The number of aliphatic hydroxyl groups is 1. The Hall–Kier alpha value is -1.91. The van der Waals surface area contributed by atoms with Crippen LogP contribution in [0.2, 0.25) is 0 Å². The molecule has 1 unspecified atom stereocenters. The van der Waals surface area contributed by atoms with Crippen molar-refractivity contribution in [1.82, 2.24) is 14.2 Å². The molecule has 0 aliphatic carbocycles. The Bertz CT molecular complexity index is 858. The Morgan fingerprint density at radius 2 is 1.89 bits per heavy atom. The lowest BCUT2D eigenvalue weighted by molar-refractivity contribution is 0.00469. The highest BCUT2D eigenvalue weighted by molar-refractivity contribution is 7.89. The first-order valence-electron chi connectivity index (χ1n) is 9.08. The highest BCUT2D eigenvalue weighted by Crippen LogP contribution is 2.16. The summed E-state index contributed by atoms with van der Waals surface area (Å²) in [6, 6.07) is 9.49. The largest absolute Gasteiger partial charge is 0.389 e. The number of nitrogens with zero attached hydrogens (tertiary/aromatic N) is 3. The fourth-order valence-corrected chi connectivity index (χ4v) is 4.46. The third kappa shape index (κ3) is 5.33. The second-order valence-electron chi connectivity index (χ2n) is 6.65. The average Bonchev–Trinajstić information content (AvgIpc) is 2.70. The van der Waals surface area contributed by atoms with E-state index in [1.54, 1.807) is 24.3 Å². The minimum atomic E-state index is -3.54. The van der Waals surface area contributed by atoms with Gasteiger partial charge in [0.15, 0.2) is 0 Å². The Morgan fingerprint density at radius 1 is 1.14 bits per heavy atom. The summed E-state index contributed by atoms with van der Waals surface area (Å²) in [6.07, 6.45) is 2.15. The Kier molecular flexibility index (Phi) is 7.08. The molecule has 0 spiro atoms. The second-order valence-corrected chi connectivity index (χ2v) is 8.59. The second kappa shape index (κ2) is 9.53. The van der Waals surface area contributed by atoms with Crippen LogP contribution in [0, 0.1) is 5.82 Å². The molecule has 0 bridgehead atoms. The van der Waals surface area contributed by atoms with Crippen LogP contribution in [0.15, 0.2) is 53.7 Å². The molecule has 28 heavy (non-hydrogen) atoms. The smallest absolute Gasteiger partial charge is 0.244 e. The summed E-state index contributed by atoms with van der Waals surface area (Å²) in [5.41, 5.74) is 0.448. The summed E-state index contributed by atoms with van der Waals surface area (Å²) in [7, 11) is -3.54. The number of hydrogen-bond acceptors (Lipinski definition) is 6. The SMILES string of the molecule is O=S(=O)(c1cccnc1)N1CCN(CC(O)COCc2ccccc2F)CC1. The number of ether oxygens (including phenoxy) is 1. The Balaban J connectivity index is 1.42. The normalized spacial score (nSPS) is 17.5. The van der Waals surface area contributed by atoms with Crippen LogP contribution in [0.3, 0.4) is 0 Å². The number of halogens is 1. The van der Waals surface area contributed by atoms with E-state index < -0.39 is 16.1 Å². The number of β-amino-alcohol motifs (C(OH)–C–C–N with tert-alkyl or cyclic N) is 1. The van der Waals surface area contributed by atoms with Gasteiger partial charge in [0.25, 0.3) is 0 Å². The van der Waals surface area contributed by atoms with Crippen molar-refractivity contribution in [1.29, 1.82) is 0 Å². The first-order chi connectivity index (χ1) is 13.5. The van der Waals surface area contributed by atoms with Gasteiger partial charge in [0.05, 0.1) is 19.3 Å². The van der Waals surface area contributed by atoms with Crippen molar-refractivity contribution >= 4 is 10.0 Å². The van der Waals surface area contributed by atoms with Crippen molar-refractivity contribution in [3.05, 3.63) is 60.2 Å². The van der Waals surface area contributed by atoms with Crippen molar-refractivity contribution in [3.63, 3.8) is 0 Å². The number of hydrogen-bond donors (Lipinski definition) is 1. The summed E-state index contributed by atoms with van der Waals surface area (Å²) < 4.78 is 45.5. The van der Waals surface area contributed by atoms with Gasteiger partial charge in [-0.3, -0.25) is 9.88 Å². The minimum Gasteiger partial charge on any atom is -0.389 e. The van der Waals surface area contributed by atoms with Gasteiger partial charge in [-0.25, -0.2) is 12.8 Å². The quantitative estimate of drug-likeness (QED) is 0.703. The number of aliphatic hydroxyl groups excluding tert-OH is 1. The van der Waals surface area contributed by atoms with Gasteiger partial charge in [-0.1, -0.05) is 18.2 Å². The topological polar surface area (TPSA) is 83.0 Å². The van der Waals surface area contributed by atoms with Crippen molar-refractivity contribution in [2.45, 2.75) is 17.6 Å². The molecule has 1 aliphatic rings. The molecule has 0 saturated carbocycles. The number of aromatic nitrogens is 1. The van der Waals surface area contributed by atoms with Crippen LogP contribution in [0.25, 0.3) is 0 Å². The minimum absolute atomic E-state index is 0.0858. The summed E-state index contributed by atoms with van der Waals surface area (Å²) in [4.78, 5) is 6.05. The van der Waals surface area contributed by atoms with Gasteiger partial charge in [0, 0.05) is 50.7 Å². The highest BCUT2D eigenvalue weighted by atomic mass is 32.2. The molecule has 1 N–H and O–H groups in total. The van der Waals surface area contributed by atoms with Gasteiger partial charge in [0.2, 0.25) is 10.0 Å². The highest BCUT2D eigenvalue weighted by Gasteiger charge is 2.29. The van der Waals surface area contributed by atoms with Crippen molar-refractivity contribution in [2.75, 3.05) is 39.3 Å². The number of rotatable bonds is 8.